The van der Waals surface area contributed by atoms with Crippen molar-refractivity contribution in [2.24, 2.45) is 0 Å². The second kappa shape index (κ2) is 6.06. The molecule has 6 nitrogen and oxygen atoms in total. The molecule has 0 radical (unpaired) electrons. The first kappa shape index (κ1) is 15.8. The summed E-state index contributed by atoms with van der Waals surface area (Å²) in [4.78, 5) is 11.9. The normalized spacial score (nSPS) is 19.9. The molecule has 2 aliphatic rings. The Bertz CT molecular complexity index is 974. The number of fused-ring (bicyclic) bond motifs is 2. The SMILES string of the molecule is Cc1cccc2c1CN(c1ncnn3c(C)nc([C@@H]4CCOC4)c13)CC2. The van der Waals surface area contributed by atoms with Crippen molar-refractivity contribution in [2.45, 2.75) is 39.2 Å². The van der Waals surface area contributed by atoms with Crippen molar-refractivity contribution in [3.8, 4) is 0 Å². The minimum Gasteiger partial charge on any atom is -0.381 e. The fourth-order valence-corrected chi connectivity index (χ4v) is 4.28. The zero-order chi connectivity index (χ0) is 17.7. The number of nitrogens with zero attached hydrogens (tertiary/aromatic N) is 5. The Balaban J connectivity index is 1.62. The van der Waals surface area contributed by atoms with Crippen LogP contribution in [0.2, 0.25) is 0 Å². The van der Waals surface area contributed by atoms with E-state index in [4.69, 9.17) is 14.7 Å². The van der Waals surface area contributed by atoms with Crippen LogP contribution < -0.4 is 4.90 Å². The first-order valence-corrected chi connectivity index (χ1v) is 9.32. The molecule has 0 amide bonds. The standard InChI is InChI=1S/C20H23N5O/c1-13-4-3-5-15-6-8-24(10-17(13)15)20-19-18(16-7-9-26-11-16)23-14(2)25(19)22-12-21-20/h3-5,12,16H,6-11H2,1-2H3/t16-/m1/s1. The second-order valence-corrected chi connectivity index (χ2v) is 7.33. The first-order chi connectivity index (χ1) is 12.7. The molecule has 1 saturated heterocycles. The maximum Gasteiger partial charge on any atom is 0.158 e. The highest BCUT2D eigenvalue weighted by Crippen LogP contribution is 2.34. The molecule has 2 aromatic heterocycles. The monoisotopic (exact) mass is 349 g/mol. The summed E-state index contributed by atoms with van der Waals surface area (Å²) >= 11 is 0. The van der Waals surface area contributed by atoms with E-state index in [9.17, 15) is 0 Å². The van der Waals surface area contributed by atoms with Crippen LogP contribution in [0.4, 0.5) is 5.82 Å². The Morgan fingerprint density at radius 1 is 1.23 bits per heavy atom. The van der Waals surface area contributed by atoms with E-state index in [1.54, 1.807) is 6.33 Å². The van der Waals surface area contributed by atoms with Crippen LogP contribution in [0.15, 0.2) is 24.5 Å². The first-order valence-electron chi connectivity index (χ1n) is 9.32. The van der Waals surface area contributed by atoms with Gasteiger partial charge in [0, 0.05) is 25.6 Å². The van der Waals surface area contributed by atoms with Gasteiger partial charge in [-0.15, -0.1) is 0 Å². The van der Waals surface area contributed by atoms with Crippen LogP contribution in [0, 0.1) is 13.8 Å². The molecule has 6 heteroatoms. The zero-order valence-electron chi connectivity index (χ0n) is 15.3. The molecule has 0 spiro atoms. The van der Waals surface area contributed by atoms with Gasteiger partial charge in [-0.2, -0.15) is 5.10 Å². The van der Waals surface area contributed by atoms with Gasteiger partial charge in [0.25, 0.3) is 0 Å². The zero-order valence-corrected chi connectivity index (χ0v) is 15.3. The van der Waals surface area contributed by atoms with E-state index in [2.05, 4.69) is 35.1 Å². The third kappa shape index (κ3) is 2.40. The average Bonchev–Trinajstić information content (AvgIpc) is 3.30. The molecule has 1 atom stereocenters. The summed E-state index contributed by atoms with van der Waals surface area (Å²) in [6.45, 7) is 7.61. The van der Waals surface area contributed by atoms with Crippen LogP contribution in [0.25, 0.3) is 5.52 Å². The molecule has 5 rings (SSSR count). The van der Waals surface area contributed by atoms with Crippen LogP contribution in [0.3, 0.4) is 0 Å². The van der Waals surface area contributed by atoms with E-state index < -0.39 is 0 Å². The fourth-order valence-electron chi connectivity index (χ4n) is 4.28. The topological polar surface area (TPSA) is 55.6 Å². The fraction of sp³-hybridized carbons (Fsp3) is 0.450. The van der Waals surface area contributed by atoms with Crippen LogP contribution in [-0.4, -0.2) is 39.3 Å². The Labute approximate surface area is 152 Å². The van der Waals surface area contributed by atoms with Gasteiger partial charge < -0.3 is 9.64 Å². The third-order valence-corrected chi connectivity index (χ3v) is 5.73. The minimum atomic E-state index is 0.335. The molecule has 26 heavy (non-hydrogen) atoms. The van der Waals surface area contributed by atoms with Gasteiger partial charge in [0.15, 0.2) is 5.82 Å². The second-order valence-electron chi connectivity index (χ2n) is 7.33. The summed E-state index contributed by atoms with van der Waals surface area (Å²) in [6, 6.07) is 6.60. The molecular formula is C20H23N5O. The molecule has 0 unspecified atom stereocenters. The van der Waals surface area contributed by atoms with E-state index in [-0.39, 0.29) is 0 Å². The van der Waals surface area contributed by atoms with Crippen LogP contribution in [0.5, 0.6) is 0 Å². The number of hydrogen-bond donors (Lipinski definition) is 0. The number of ether oxygens (including phenoxy) is 1. The van der Waals surface area contributed by atoms with Crippen molar-refractivity contribution in [1.82, 2.24) is 19.6 Å². The molecule has 0 N–H and O–H groups in total. The molecule has 134 valence electrons. The van der Waals surface area contributed by atoms with Gasteiger partial charge in [0.2, 0.25) is 0 Å². The maximum atomic E-state index is 5.61. The molecule has 0 bridgehead atoms. The average molecular weight is 349 g/mol. The molecule has 1 fully saturated rings. The Hall–Kier alpha value is -2.47. The Kier molecular flexibility index (Phi) is 3.67. The van der Waals surface area contributed by atoms with Gasteiger partial charge in [-0.3, -0.25) is 0 Å². The lowest BCUT2D eigenvalue weighted by molar-refractivity contribution is 0.193. The molecule has 2 aliphatic heterocycles. The number of rotatable bonds is 2. The Morgan fingerprint density at radius 3 is 3.00 bits per heavy atom. The number of hydrogen-bond acceptors (Lipinski definition) is 5. The summed E-state index contributed by atoms with van der Waals surface area (Å²) in [5, 5.41) is 4.47. The number of anilines is 1. The summed E-state index contributed by atoms with van der Waals surface area (Å²) in [7, 11) is 0. The lowest BCUT2D eigenvalue weighted by Gasteiger charge is -2.31. The van der Waals surface area contributed by atoms with Gasteiger partial charge >= 0.3 is 0 Å². The lowest BCUT2D eigenvalue weighted by atomic mass is 9.95. The third-order valence-electron chi connectivity index (χ3n) is 5.73. The molecule has 4 heterocycles. The number of aryl methyl sites for hydroxylation is 2. The predicted octanol–water partition coefficient (Wildman–Crippen LogP) is 2.81. The number of aromatic nitrogens is 4. The van der Waals surface area contributed by atoms with Crippen molar-refractivity contribution in [2.75, 3.05) is 24.7 Å². The van der Waals surface area contributed by atoms with Crippen molar-refractivity contribution in [3.05, 3.63) is 52.7 Å². The number of imidazole rings is 1. The molecule has 0 aliphatic carbocycles. The van der Waals surface area contributed by atoms with E-state index in [1.807, 2.05) is 11.4 Å². The van der Waals surface area contributed by atoms with Crippen molar-refractivity contribution < 1.29 is 4.74 Å². The minimum absolute atomic E-state index is 0.335. The molecule has 1 aromatic carbocycles. The maximum absolute atomic E-state index is 5.61. The van der Waals surface area contributed by atoms with Crippen molar-refractivity contribution in [3.63, 3.8) is 0 Å². The van der Waals surface area contributed by atoms with Gasteiger partial charge in [0.05, 0.1) is 12.3 Å². The van der Waals surface area contributed by atoms with E-state index in [1.165, 1.54) is 16.7 Å². The molecule has 0 saturated carbocycles. The number of benzene rings is 1. The summed E-state index contributed by atoms with van der Waals surface area (Å²) in [5.74, 6) is 2.25. The summed E-state index contributed by atoms with van der Waals surface area (Å²) in [5.41, 5.74) is 6.38. The van der Waals surface area contributed by atoms with E-state index in [0.717, 1.165) is 62.0 Å². The van der Waals surface area contributed by atoms with Crippen molar-refractivity contribution >= 4 is 11.3 Å². The van der Waals surface area contributed by atoms with Gasteiger partial charge in [-0.1, -0.05) is 18.2 Å². The highest BCUT2D eigenvalue weighted by Gasteiger charge is 2.28. The largest absolute Gasteiger partial charge is 0.381 e. The smallest absolute Gasteiger partial charge is 0.158 e. The van der Waals surface area contributed by atoms with Gasteiger partial charge in [0.1, 0.15) is 17.7 Å². The summed E-state index contributed by atoms with van der Waals surface area (Å²) in [6.07, 6.45) is 3.71. The van der Waals surface area contributed by atoms with Gasteiger partial charge in [-0.25, -0.2) is 14.5 Å². The van der Waals surface area contributed by atoms with Crippen LogP contribution in [-0.2, 0) is 17.7 Å². The molecule has 3 aromatic rings. The highest BCUT2D eigenvalue weighted by atomic mass is 16.5. The Morgan fingerprint density at radius 2 is 2.15 bits per heavy atom. The lowest BCUT2D eigenvalue weighted by Crippen LogP contribution is -2.32. The van der Waals surface area contributed by atoms with E-state index >= 15 is 0 Å². The summed E-state index contributed by atoms with van der Waals surface area (Å²) < 4.78 is 7.56. The molecular weight excluding hydrogens is 326 g/mol. The van der Waals surface area contributed by atoms with E-state index in [0.29, 0.717) is 5.92 Å². The van der Waals surface area contributed by atoms with Gasteiger partial charge in [-0.05, 0) is 43.4 Å². The van der Waals surface area contributed by atoms with Crippen LogP contribution in [0.1, 0.15) is 40.5 Å². The predicted molar refractivity (Wildman–Crippen MR) is 99.6 cm³/mol. The highest BCUT2D eigenvalue weighted by molar-refractivity contribution is 5.73. The van der Waals surface area contributed by atoms with Crippen molar-refractivity contribution in [1.29, 1.82) is 0 Å². The van der Waals surface area contributed by atoms with Crippen LogP contribution >= 0.6 is 0 Å². The quantitative estimate of drug-likeness (QED) is 0.712.